The molecule has 0 aromatic carbocycles. The summed E-state index contributed by atoms with van der Waals surface area (Å²) in [6.45, 7) is 2.66. The Morgan fingerprint density at radius 2 is 2.18 bits per heavy atom. The van der Waals surface area contributed by atoms with E-state index in [9.17, 15) is 0 Å². The van der Waals surface area contributed by atoms with Crippen molar-refractivity contribution in [2.24, 2.45) is 0 Å². The summed E-state index contributed by atoms with van der Waals surface area (Å²) in [5.74, 6) is 1.78. The minimum atomic E-state index is 0.576. The van der Waals surface area contributed by atoms with Gasteiger partial charge in [0.25, 0.3) is 0 Å². The average molecular weight is 299 g/mol. The van der Waals surface area contributed by atoms with Gasteiger partial charge in [-0.2, -0.15) is 0 Å². The van der Waals surface area contributed by atoms with Crippen molar-refractivity contribution < 1.29 is 4.74 Å². The van der Waals surface area contributed by atoms with Gasteiger partial charge in [0.2, 0.25) is 0 Å². The second kappa shape index (κ2) is 6.24. The van der Waals surface area contributed by atoms with Crippen LogP contribution in [-0.2, 0) is 0 Å². The molecule has 1 aromatic rings. The monoisotopic (exact) mass is 298 g/mol. The van der Waals surface area contributed by atoms with Crippen LogP contribution in [-0.4, -0.2) is 17.6 Å². The number of nitrogens with zero attached hydrogens (tertiary/aromatic N) is 1. The summed E-state index contributed by atoms with van der Waals surface area (Å²) >= 11 is 3.44. The van der Waals surface area contributed by atoms with Crippen LogP contribution >= 0.6 is 15.9 Å². The molecule has 2 rings (SSSR count). The third kappa shape index (κ3) is 3.60. The molecular weight excluding hydrogens is 280 g/mol. The Hall–Kier alpha value is -0.770. The number of pyridine rings is 1. The lowest BCUT2D eigenvalue weighted by molar-refractivity contribution is 0.338. The largest absolute Gasteiger partial charge is 0.492 e. The minimum Gasteiger partial charge on any atom is -0.492 e. The Morgan fingerprint density at radius 3 is 2.88 bits per heavy atom. The average Bonchev–Trinajstić information content (AvgIpc) is 2.35. The first-order chi connectivity index (χ1) is 8.29. The van der Waals surface area contributed by atoms with E-state index in [1.54, 1.807) is 6.20 Å². The van der Waals surface area contributed by atoms with Crippen molar-refractivity contribution in [2.75, 3.05) is 11.9 Å². The number of hydrogen-bond donors (Lipinski definition) is 1. The first-order valence-electron chi connectivity index (χ1n) is 6.34. The van der Waals surface area contributed by atoms with Crippen molar-refractivity contribution in [1.82, 2.24) is 4.98 Å². The molecule has 1 N–H and O–H groups in total. The lowest BCUT2D eigenvalue weighted by atomic mass is 9.95. The highest BCUT2D eigenvalue weighted by Gasteiger charge is 2.14. The summed E-state index contributed by atoms with van der Waals surface area (Å²) in [4.78, 5) is 4.38. The molecule has 1 aromatic heterocycles. The van der Waals surface area contributed by atoms with Crippen LogP contribution in [0.2, 0.25) is 0 Å². The molecule has 0 unspecified atom stereocenters. The number of anilines is 1. The highest BCUT2D eigenvalue weighted by atomic mass is 79.9. The maximum atomic E-state index is 5.54. The summed E-state index contributed by atoms with van der Waals surface area (Å²) < 4.78 is 6.45. The van der Waals surface area contributed by atoms with Crippen LogP contribution in [0.15, 0.2) is 16.7 Å². The summed E-state index contributed by atoms with van der Waals surface area (Å²) in [7, 11) is 0. The minimum absolute atomic E-state index is 0.576. The molecule has 0 bridgehead atoms. The van der Waals surface area contributed by atoms with E-state index in [0.29, 0.717) is 12.6 Å². The van der Waals surface area contributed by atoms with Gasteiger partial charge in [-0.3, -0.25) is 0 Å². The highest BCUT2D eigenvalue weighted by Crippen LogP contribution is 2.28. The maximum Gasteiger partial charge on any atom is 0.138 e. The van der Waals surface area contributed by atoms with Crippen molar-refractivity contribution >= 4 is 21.7 Å². The van der Waals surface area contributed by atoms with Crippen LogP contribution in [0, 0.1) is 0 Å². The van der Waals surface area contributed by atoms with Gasteiger partial charge in [-0.15, -0.1) is 0 Å². The van der Waals surface area contributed by atoms with Crippen LogP contribution in [0.4, 0.5) is 5.82 Å². The Morgan fingerprint density at radius 1 is 1.41 bits per heavy atom. The van der Waals surface area contributed by atoms with Crippen molar-refractivity contribution in [3.8, 4) is 5.75 Å². The fraction of sp³-hybridized carbons (Fsp3) is 0.615. The van der Waals surface area contributed by atoms with Gasteiger partial charge in [0.05, 0.1) is 11.1 Å². The maximum absolute atomic E-state index is 5.54. The van der Waals surface area contributed by atoms with E-state index in [1.165, 1.54) is 32.1 Å². The van der Waals surface area contributed by atoms with Gasteiger partial charge >= 0.3 is 0 Å². The summed E-state index contributed by atoms with van der Waals surface area (Å²) in [5.41, 5.74) is 0. The van der Waals surface area contributed by atoms with E-state index < -0.39 is 0 Å². The Labute approximate surface area is 111 Å². The Balaban J connectivity index is 2.02. The molecule has 1 fully saturated rings. The third-order valence-electron chi connectivity index (χ3n) is 3.08. The summed E-state index contributed by atoms with van der Waals surface area (Å²) in [5, 5.41) is 3.49. The number of aromatic nitrogens is 1. The molecule has 1 aliphatic carbocycles. The molecule has 0 atom stereocenters. The zero-order valence-electron chi connectivity index (χ0n) is 10.2. The van der Waals surface area contributed by atoms with Gasteiger partial charge in [-0.25, -0.2) is 4.98 Å². The predicted octanol–water partition coefficient (Wildman–Crippen LogP) is 3.99. The molecule has 0 aliphatic heterocycles. The van der Waals surface area contributed by atoms with E-state index in [2.05, 4.69) is 26.2 Å². The van der Waals surface area contributed by atoms with Gasteiger partial charge in [0.1, 0.15) is 11.6 Å². The molecule has 0 saturated heterocycles. The van der Waals surface area contributed by atoms with Crippen LogP contribution in [0.5, 0.6) is 5.75 Å². The lowest BCUT2D eigenvalue weighted by Gasteiger charge is -2.23. The van der Waals surface area contributed by atoms with E-state index >= 15 is 0 Å². The lowest BCUT2D eigenvalue weighted by Crippen LogP contribution is -2.22. The quantitative estimate of drug-likeness (QED) is 0.913. The molecule has 94 valence electrons. The van der Waals surface area contributed by atoms with Crippen LogP contribution in [0.1, 0.15) is 39.0 Å². The number of halogens is 1. The number of ether oxygens (including phenoxy) is 1. The number of hydrogen-bond acceptors (Lipinski definition) is 3. The second-order valence-corrected chi connectivity index (χ2v) is 5.27. The summed E-state index contributed by atoms with van der Waals surface area (Å²) in [6, 6.07) is 2.55. The van der Waals surface area contributed by atoms with E-state index in [1.807, 2.05) is 13.0 Å². The van der Waals surface area contributed by atoms with Crippen LogP contribution in [0.3, 0.4) is 0 Å². The number of nitrogens with one attached hydrogen (secondary N) is 1. The van der Waals surface area contributed by atoms with Gasteiger partial charge in [0.15, 0.2) is 0 Å². The van der Waals surface area contributed by atoms with Gasteiger partial charge in [-0.05, 0) is 35.7 Å². The fourth-order valence-corrected chi connectivity index (χ4v) is 2.55. The van der Waals surface area contributed by atoms with Crippen molar-refractivity contribution in [1.29, 1.82) is 0 Å². The Bertz CT molecular complexity index is 364. The van der Waals surface area contributed by atoms with E-state index in [-0.39, 0.29) is 0 Å². The standard InChI is InChI=1S/C13H19BrN2O/c1-2-17-12-8-13(15-9-11(12)14)16-10-6-4-3-5-7-10/h8-10H,2-7H2,1H3,(H,15,16). The molecule has 1 saturated carbocycles. The normalized spacial score (nSPS) is 16.8. The smallest absolute Gasteiger partial charge is 0.138 e. The fourth-order valence-electron chi connectivity index (χ4n) is 2.22. The number of rotatable bonds is 4. The second-order valence-electron chi connectivity index (χ2n) is 4.41. The van der Waals surface area contributed by atoms with E-state index in [4.69, 9.17) is 4.74 Å². The van der Waals surface area contributed by atoms with Crippen molar-refractivity contribution in [2.45, 2.75) is 45.1 Å². The van der Waals surface area contributed by atoms with Gasteiger partial charge in [-0.1, -0.05) is 19.3 Å². The zero-order valence-corrected chi connectivity index (χ0v) is 11.8. The van der Waals surface area contributed by atoms with Crippen molar-refractivity contribution in [3.05, 3.63) is 16.7 Å². The molecule has 3 nitrogen and oxygen atoms in total. The predicted molar refractivity (Wildman–Crippen MR) is 73.6 cm³/mol. The molecule has 0 radical (unpaired) electrons. The molecule has 0 spiro atoms. The summed E-state index contributed by atoms with van der Waals surface area (Å²) in [6.07, 6.45) is 8.33. The van der Waals surface area contributed by atoms with Gasteiger partial charge < -0.3 is 10.1 Å². The third-order valence-corrected chi connectivity index (χ3v) is 3.67. The SMILES string of the molecule is CCOc1cc(NC2CCCCC2)ncc1Br. The molecule has 0 amide bonds. The Kier molecular flexibility index (Phi) is 4.66. The van der Waals surface area contributed by atoms with Crippen LogP contribution < -0.4 is 10.1 Å². The molecule has 1 heterocycles. The first-order valence-corrected chi connectivity index (χ1v) is 7.13. The topological polar surface area (TPSA) is 34.1 Å². The zero-order chi connectivity index (χ0) is 12.1. The molecule has 17 heavy (non-hydrogen) atoms. The van der Waals surface area contributed by atoms with Crippen molar-refractivity contribution in [3.63, 3.8) is 0 Å². The first kappa shape index (κ1) is 12.7. The molecule has 4 heteroatoms. The molecular formula is C13H19BrN2O. The highest BCUT2D eigenvalue weighted by molar-refractivity contribution is 9.10. The molecule has 1 aliphatic rings. The van der Waals surface area contributed by atoms with Gasteiger partial charge in [0, 0.05) is 18.3 Å². The van der Waals surface area contributed by atoms with Crippen LogP contribution in [0.25, 0.3) is 0 Å². The van der Waals surface area contributed by atoms with E-state index in [0.717, 1.165) is 16.0 Å².